The number of methoxy groups -OCH3 is 2. The van der Waals surface area contributed by atoms with Gasteiger partial charge in [0.1, 0.15) is 11.5 Å². The van der Waals surface area contributed by atoms with Gasteiger partial charge in [0.25, 0.3) is 0 Å². The lowest BCUT2D eigenvalue weighted by Crippen LogP contribution is -2.43. The van der Waals surface area contributed by atoms with Gasteiger partial charge in [0.05, 0.1) is 24.4 Å². The Morgan fingerprint density at radius 1 is 1.12 bits per heavy atom. The topological polar surface area (TPSA) is 33.7 Å². The third-order valence-electron chi connectivity index (χ3n) is 2.91. The first-order valence-corrected chi connectivity index (χ1v) is 6.42. The number of anilines is 1. The number of piperazine rings is 1. The second-order valence-electron chi connectivity index (χ2n) is 3.90. The molecule has 0 spiro atoms. The van der Waals surface area contributed by atoms with Crippen LogP contribution in [0.1, 0.15) is 0 Å². The summed E-state index contributed by atoms with van der Waals surface area (Å²) in [6.07, 6.45) is 0. The van der Waals surface area contributed by atoms with E-state index in [1.807, 2.05) is 12.1 Å². The summed E-state index contributed by atoms with van der Waals surface area (Å²) in [6.45, 7) is 3.98. The van der Waals surface area contributed by atoms with Crippen LogP contribution in [0.5, 0.6) is 11.5 Å². The Hall–Kier alpha value is -0.940. The van der Waals surface area contributed by atoms with E-state index in [0.717, 1.165) is 47.8 Å². The minimum absolute atomic E-state index is 0.833. The van der Waals surface area contributed by atoms with E-state index in [4.69, 9.17) is 9.47 Å². The van der Waals surface area contributed by atoms with Gasteiger partial charge in [-0.15, -0.1) is 0 Å². The Morgan fingerprint density at radius 3 is 2.35 bits per heavy atom. The zero-order chi connectivity index (χ0) is 12.3. The van der Waals surface area contributed by atoms with Gasteiger partial charge in [-0.05, 0) is 15.9 Å². The van der Waals surface area contributed by atoms with Crippen molar-refractivity contribution in [3.63, 3.8) is 0 Å². The Labute approximate surface area is 110 Å². The molecule has 0 atom stereocenters. The number of nitrogens with zero attached hydrogens (tertiary/aromatic N) is 1. The van der Waals surface area contributed by atoms with Crippen LogP contribution in [0.3, 0.4) is 0 Å². The van der Waals surface area contributed by atoms with Crippen molar-refractivity contribution in [2.75, 3.05) is 45.3 Å². The highest BCUT2D eigenvalue weighted by Crippen LogP contribution is 2.38. The summed E-state index contributed by atoms with van der Waals surface area (Å²) < 4.78 is 11.7. The average Bonchev–Trinajstić information content (AvgIpc) is 2.39. The predicted molar refractivity (Wildman–Crippen MR) is 72.3 cm³/mol. The summed E-state index contributed by atoms with van der Waals surface area (Å²) in [6, 6.07) is 3.98. The van der Waals surface area contributed by atoms with Crippen LogP contribution in [0.4, 0.5) is 5.69 Å². The predicted octanol–water partition coefficient (Wildman–Crippen LogP) is 1.88. The number of nitrogens with one attached hydrogen (secondary N) is 1. The molecule has 1 fully saturated rings. The minimum atomic E-state index is 0.833. The van der Waals surface area contributed by atoms with E-state index in [0.29, 0.717) is 0 Å². The Bertz CT molecular complexity index is 392. The second kappa shape index (κ2) is 5.60. The summed E-state index contributed by atoms with van der Waals surface area (Å²) in [4.78, 5) is 2.31. The summed E-state index contributed by atoms with van der Waals surface area (Å²) in [5.41, 5.74) is 1.09. The van der Waals surface area contributed by atoms with Gasteiger partial charge in [-0.3, -0.25) is 0 Å². The molecule has 4 nitrogen and oxygen atoms in total. The molecule has 94 valence electrons. The molecule has 1 aromatic rings. The highest BCUT2D eigenvalue weighted by atomic mass is 79.9. The maximum atomic E-state index is 5.43. The van der Waals surface area contributed by atoms with E-state index >= 15 is 0 Å². The molecule has 0 saturated carbocycles. The monoisotopic (exact) mass is 300 g/mol. The molecule has 0 aromatic heterocycles. The van der Waals surface area contributed by atoms with E-state index in [9.17, 15) is 0 Å². The lowest BCUT2D eigenvalue weighted by Gasteiger charge is -2.31. The first-order valence-electron chi connectivity index (χ1n) is 5.63. The van der Waals surface area contributed by atoms with Crippen LogP contribution < -0.4 is 19.7 Å². The van der Waals surface area contributed by atoms with Crippen molar-refractivity contribution in [3.05, 3.63) is 16.6 Å². The summed E-state index contributed by atoms with van der Waals surface area (Å²) in [5, 5.41) is 3.34. The fourth-order valence-corrected chi connectivity index (χ4v) is 2.48. The number of benzene rings is 1. The SMILES string of the molecule is COc1cc(N2CCNCC2)c(OC)cc1Br. The fourth-order valence-electron chi connectivity index (χ4n) is 2.00. The van der Waals surface area contributed by atoms with Crippen LogP contribution in [0.2, 0.25) is 0 Å². The summed E-state index contributed by atoms with van der Waals surface area (Å²) in [5.74, 6) is 1.71. The van der Waals surface area contributed by atoms with Crippen LogP contribution in [-0.2, 0) is 0 Å². The van der Waals surface area contributed by atoms with Crippen LogP contribution >= 0.6 is 15.9 Å². The zero-order valence-electron chi connectivity index (χ0n) is 10.1. The fraction of sp³-hybridized carbons (Fsp3) is 0.500. The van der Waals surface area contributed by atoms with Crippen molar-refractivity contribution in [1.82, 2.24) is 5.32 Å². The van der Waals surface area contributed by atoms with E-state index in [1.165, 1.54) is 0 Å². The molecule has 2 rings (SSSR count). The van der Waals surface area contributed by atoms with E-state index in [1.54, 1.807) is 14.2 Å². The molecule has 1 aromatic carbocycles. The largest absolute Gasteiger partial charge is 0.495 e. The molecule has 0 bridgehead atoms. The molecular formula is C12H17BrN2O2. The van der Waals surface area contributed by atoms with E-state index in [2.05, 4.69) is 26.1 Å². The van der Waals surface area contributed by atoms with Crippen molar-refractivity contribution in [2.45, 2.75) is 0 Å². The zero-order valence-corrected chi connectivity index (χ0v) is 11.7. The van der Waals surface area contributed by atoms with Gasteiger partial charge in [-0.25, -0.2) is 0 Å². The Morgan fingerprint density at radius 2 is 1.76 bits per heavy atom. The first-order chi connectivity index (χ1) is 8.26. The van der Waals surface area contributed by atoms with Gasteiger partial charge in [-0.2, -0.15) is 0 Å². The van der Waals surface area contributed by atoms with Gasteiger partial charge >= 0.3 is 0 Å². The van der Waals surface area contributed by atoms with Crippen LogP contribution in [-0.4, -0.2) is 40.4 Å². The third kappa shape index (κ3) is 2.66. The molecule has 1 saturated heterocycles. The molecule has 0 aliphatic carbocycles. The highest BCUT2D eigenvalue weighted by Gasteiger charge is 2.17. The van der Waals surface area contributed by atoms with Gasteiger partial charge in [0.2, 0.25) is 0 Å². The molecule has 5 heteroatoms. The van der Waals surface area contributed by atoms with Gasteiger partial charge in [0, 0.05) is 38.3 Å². The average molecular weight is 301 g/mol. The van der Waals surface area contributed by atoms with Crippen LogP contribution in [0.25, 0.3) is 0 Å². The normalized spacial score (nSPS) is 15.8. The second-order valence-corrected chi connectivity index (χ2v) is 4.75. The maximum absolute atomic E-state index is 5.43. The van der Waals surface area contributed by atoms with Gasteiger partial charge < -0.3 is 19.7 Å². The number of hydrogen-bond donors (Lipinski definition) is 1. The molecule has 0 unspecified atom stereocenters. The van der Waals surface area contributed by atoms with E-state index < -0.39 is 0 Å². The third-order valence-corrected chi connectivity index (χ3v) is 3.53. The van der Waals surface area contributed by atoms with Crippen molar-refractivity contribution in [2.24, 2.45) is 0 Å². The smallest absolute Gasteiger partial charge is 0.143 e. The lowest BCUT2D eigenvalue weighted by atomic mass is 10.2. The molecule has 0 amide bonds. The Balaban J connectivity index is 2.35. The van der Waals surface area contributed by atoms with Crippen molar-refractivity contribution in [1.29, 1.82) is 0 Å². The standard InChI is InChI=1S/C12H17BrN2O2/c1-16-11-8-10(12(17-2)7-9(11)13)15-5-3-14-4-6-15/h7-8,14H,3-6H2,1-2H3. The number of ether oxygens (including phenoxy) is 2. The lowest BCUT2D eigenvalue weighted by molar-refractivity contribution is 0.399. The van der Waals surface area contributed by atoms with Crippen molar-refractivity contribution >= 4 is 21.6 Å². The number of rotatable bonds is 3. The quantitative estimate of drug-likeness (QED) is 0.924. The highest BCUT2D eigenvalue weighted by molar-refractivity contribution is 9.10. The molecule has 1 aliphatic heterocycles. The molecule has 1 N–H and O–H groups in total. The molecule has 17 heavy (non-hydrogen) atoms. The minimum Gasteiger partial charge on any atom is -0.495 e. The van der Waals surface area contributed by atoms with Crippen molar-refractivity contribution < 1.29 is 9.47 Å². The molecule has 1 aliphatic rings. The van der Waals surface area contributed by atoms with Gasteiger partial charge in [-0.1, -0.05) is 0 Å². The summed E-state index contributed by atoms with van der Waals surface area (Å²) >= 11 is 3.47. The maximum Gasteiger partial charge on any atom is 0.143 e. The summed E-state index contributed by atoms with van der Waals surface area (Å²) in [7, 11) is 3.37. The van der Waals surface area contributed by atoms with Crippen LogP contribution in [0.15, 0.2) is 16.6 Å². The van der Waals surface area contributed by atoms with Gasteiger partial charge in [0.15, 0.2) is 0 Å². The molecule has 1 heterocycles. The Kier molecular flexibility index (Phi) is 4.12. The molecular weight excluding hydrogens is 284 g/mol. The first kappa shape index (κ1) is 12.5. The number of hydrogen-bond acceptors (Lipinski definition) is 4. The van der Waals surface area contributed by atoms with Crippen molar-refractivity contribution in [3.8, 4) is 11.5 Å². The molecule has 0 radical (unpaired) electrons. The van der Waals surface area contributed by atoms with E-state index in [-0.39, 0.29) is 0 Å². The van der Waals surface area contributed by atoms with Crippen LogP contribution in [0, 0.1) is 0 Å². The number of halogens is 1.